The van der Waals surface area contributed by atoms with Crippen LogP contribution < -0.4 is 15.4 Å². The van der Waals surface area contributed by atoms with Crippen molar-refractivity contribution in [2.75, 3.05) is 20.2 Å². The van der Waals surface area contributed by atoms with Gasteiger partial charge in [0.25, 0.3) is 0 Å². The highest BCUT2D eigenvalue weighted by Crippen LogP contribution is 2.17. The molecule has 20 heavy (non-hydrogen) atoms. The Bertz CT molecular complexity index is 486. The summed E-state index contributed by atoms with van der Waals surface area (Å²) in [7, 11) is 1.43. The number of aliphatic imine (C=N–C) groups is 1. The maximum Gasteiger partial charge on any atom is 0.192 e. The summed E-state index contributed by atoms with van der Waals surface area (Å²) < 4.78 is 18.4. The van der Waals surface area contributed by atoms with E-state index in [0.717, 1.165) is 12.1 Å². The Balaban J connectivity index is 0.00000361. The quantitative estimate of drug-likeness (QED) is 0.350. The van der Waals surface area contributed by atoms with E-state index in [1.165, 1.54) is 13.2 Å². The van der Waals surface area contributed by atoms with Gasteiger partial charge >= 0.3 is 0 Å². The van der Waals surface area contributed by atoms with Crippen LogP contribution in [-0.4, -0.2) is 26.2 Å². The van der Waals surface area contributed by atoms with Gasteiger partial charge in [0.15, 0.2) is 17.5 Å². The van der Waals surface area contributed by atoms with Crippen LogP contribution in [0.1, 0.15) is 12.5 Å². The molecule has 0 saturated heterocycles. The zero-order valence-electron chi connectivity index (χ0n) is 11.6. The molecule has 0 aliphatic heterocycles. The number of hydrogen-bond acceptors (Lipinski definition) is 2. The van der Waals surface area contributed by atoms with Crippen molar-refractivity contribution >= 4 is 29.9 Å². The summed E-state index contributed by atoms with van der Waals surface area (Å²) in [5.74, 6) is 2.91. The van der Waals surface area contributed by atoms with Crippen LogP contribution in [0.2, 0.25) is 0 Å². The molecule has 0 aliphatic rings. The van der Waals surface area contributed by atoms with Gasteiger partial charge in [-0.25, -0.2) is 9.38 Å². The lowest BCUT2D eigenvalue weighted by Gasteiger charge is -2.09. The molecular formula is C14H19FIN3O. The molecule has 0 atom stereocenters. The van der Waals surface area contributed by atoms with Crippen molar-refractivity contribution in [2.45, 2.75) is 13.5 Å². The molecule has 2 N–H and O–H groups in total. The fourth-order valence-electron chi connectivity index (χ4n) is 1.46. The third-order valence-electron chi connectivity index (χ3n) is 2.34. The van der Waals surface area contributed by atoms with Gasteiger partial charge in [-0.15, -0.1) is 30.4 Å². The Morgan fingerprint density at radius 3 is 2.75 bits per heavy atom. The van der Waals surface area contributed by atoms with Crippen molar-refractivity contribution < 1.29 is 9.13 Å². The molecule has 6 heteroatoms. The number of terminal acetylenes is 1. The number of nitrogens with zero attached hydrogens (tertiary/aromatic N) is 1. The number of guanidine groups is 1. The largest absolute Gasteiger partial charge is 0.494 e. The first-order valence-electron chi connectivity index (χ1n) is 5.99. The smallest absolute Gasteiger partial charge is 0.192 e. The van der Waals surface area contributed by atoms with Crippen molar-refractivity contribution in [2.24, 2.45) is 4.99 Å². The number of halogens is 2. The van der Waals surface area contributed by atoms with Crippen molar-refractivity contribution in [3.63, 3.8) is 0 Å². The molecule has 4 nitrogen and oxygen atoms in total. The molecule has 1 aromatic carbocycles. The molecule has 0 fully saturated rings. The minimum atomic E-state index is -0.392. The Labute approximate surface area is 136 Å². The fraction of sp³-hybridized carbons (Fsp3) is 0.357. The molecule has 110 valence electrons. The average Bonchev–Trinajstić information content (AvgIpc) is 2.42. The summed E-state index contributed by atoms with van der Waals surface area (Å²) in [5, 5.41) is 6.01. The van der Waals surface area contributed by atoms with E-state index in [9.17, 15) is 4.39 Å². The summed E-state index contributed by atoms with van der Waals surface area (Å²) in [6.07, 6.45) is 5.17. The summed E-state index contributed by atoms with van der Waals surface area (Å²) in [4.78, 5) is 4.31. The van der Waals surface area contributed by atoms with Crippen LogP contribution in [0.4, 0.5) is 4.39 Å². The van der Waals surface area contributed by atoms with Gasteiger partial charge in [0.05, 0.1) is 20.2 Å². The normalized spacial score (nSPS) is 10.2. The summed E-state index contributed by atoms with van der Waals surface area (Å²) in [6.45, 7) is 3.44. The number of rotatable bonds is 5. The van der Waals surface area contributed by atoms with Gasteiger partial charge in [-0.3, -0.25) is 0 Å². The van der Waals surface area contributed by atoms with Gasteiger partial charge in [0.1, 0.15) is 0 Å². The van der Waals surface area contributed by atoms with E-state index in [2.05, 4.69) is 21.5 Å². The molecule has 0 spiro atoms. The minimum Gasteiger partial charge on any atom is -0.494 e. The average molecular weight is 391 g/mol. The maximum absolute atomic E-state index is 13.5. The van der Waals surface area contributed by atoms with E-state index in [1.54, 1.807) is 12.1 Å². The topological polar surface area (TPSA) is 45.7 Å². The zero-order chi connectivity index (χ0) is 14.1. The Kier molecular flexibility index (Phi) is 9.55. The standard InChI is InChI=1S/C14H18FN3O.HI/c1-4-8-17-14(16-5-2)18-10-11-6-7-13(19-3)12(15)9-11;/h1,6-7,9H,5,8,10H2,2-3H3,(H2,16,17,18);1H. The molecule has 0 aromatic heterocycles. The Morgan fingerprint density at radius 1 is 1.45 bits per heavy atom. The first-order valence-corrected chi connectivity index (χ1v) is 5.99. The molecule has 1 aromatic rings. The van der Waals surface area contributed by atoms with Crippen molar-refractivity contribution in [3.05, 3.63) is 29.6 Å². The number of nitrogens with one attached hydrogen (secondary N) is 2. The van der Waals surface area contributed by atoms with Gasteiger partial charge in [-0.05, 0) is 24.6 Å². The van der Waals surface area contributed by atoms with Crippen LogP contribution in [0.25, 0.3) is 0 Å². The van der Waals surface area contributed by atoms with Gasteiger partial charge in [0.2, 0.25) is 0 Å². The molecule has 0 aliphatic carbocycles. The lowest BCUT2D eigenvalue weighted by molar-refractivity contribution is 0.386. The molecule has 0 saturated carbocycles. The van der Waals surface area contributed by atoms with Crippen molar-refractivity contribution in [3.8, 4) is 18.1 Å². The van der Waals surface area contributed by atoms with Gasteiger partial charge in [-0.2, -0.15) is 0 Å². The highest BCUT2D eigenvalue weighted by atomic mass is 127. The lowest BCUT2D eigenvalue weighted by atomic mass is 10.2. The first kappa shape index (κ1) is 18.5. The molecular weight excluding hydrogens is 372 g/mol. The number of methoxy groups -OCH3 is 1. The van der Waals surface area contributed by atoms with E-state index < -0.39 is 5.82 Å². The van der Waals surface area contributed by atoms with Crippen molar-refractivity contribution in [1.29, 1.82) is 0 Å². The van der Waals surface area contributed by atoms with Crippen LogP contribution in [0, 0.1) is 18.2 Å². The minimum absolute atomic E-state index is 0. The second-order valence-corrected chi connectivity index (χ2v) is 3.72. The van der Waals surface area contributed by atoms with E-state index in [4.69, 9.17) is 11.2 Å². The third kappa shape index (κ3) is 6.10. The lowest BCUT2D eigenvalue weighted by Crippen LogP contribution is -2.37. The summed E-state index contributed by atoms with van der Waals surface area (Å²) in [5.41, 5.74) is 0.760. The monoisotopic (exact) mass is 391 g/mol. The van der Waals surface area contributed by atoms with Gasteiger partial charge in [0, 0.05) is 6.54 Å². The van der Waals surface area contributed by atoms with E-state index in [0.29, 0.717) is 19.0 Å². The van der Waals surface area contributed by atoms with E-state index in [-0.39, 0.29) is 29.7 Å². The Hall–Kier alpha value is -1.49. The molecule has 1 rings (SSSR count). The Morgan fingerprint density at radius 2 is 2.20 bits per heavy atom. The van der Waals surface area contributed by atoms with Crippen LogP contribution in [0.5, 0.6) is 5.75 Å². The van der Waals surface area contributed by atoms with Crippen LogP contribution in [0.3, 0.4) is 0 Å². The molecule has 0 amide bonds. The molecule has 0 bridgehead atoms. The molecule has 0 radical (unpaired) electrons. The van der Waals surface area contributed by atoms with Crippen LogP contribution in [-0.2, 0) is 6.54 Å². The van der Waals surface area contributed by atoms with Crippen LogP contribution >= 0.6 is 24.0 Å². The van der Waals surface area contributed by atoms with Crippen molar-refractivity contribution in [1.82, 2.24) is 10.6 Å². The predicted molar refractivity (Wildman–Crippen MR) is 90.0 cm³/mol. The number of ether oxygens (including phenoxy) is 1. The van der Waals surface area contributed by atoms with Gasteiger partial charge < -0.3 is 15.4 Å². The van der Waals surface area contributed by atoms with Gasteiger partial charge in [-0.1, -0.05) is 12.0 Å². The fourth-order valence-corrected chi connectivity index (χ4v) is 1.46. The summed E-state index contributed by atoms with van der Waals surface area (Å²) >= 11 is 0. The number of benzene rings is 1. The zero-order valence-corrected chi connectivity index (χ0v) is 13.9. The van der Waals surface area contributed by atoms with Crippen LogP contribution in [0.15, 0.2) is 23.2 Å². The third-order valence-corrected chi connectivity index (χ3v) is 2.34. The maximum atomic E-state index is 13.5. The predicted octanol–water partition coefficient (Wildman–Crippen LogP) is 2.14. The summed E-state index contributed by atoms with van der Waals surface area (Å²) in [6, 6.07) is 4.77. The van der Waals surface area contributed by atoms with E-state index >= 15 is 0 Å². The first-order chi connectivity index (χ1) is 9.21. The van der Waals surface area contributed by atoms with E-state index in [1.807, 2.05) is 6.92 Å². The highest BCUT2D eigenvalue weighted by Gasteiger charge is 2.03. The number of hydrogen-bond donors (Lipinski definition) is 2. The highest BCUT2D eigenvalue weighted by molar-refractivity contribution is 14.0. The SMILES string of the molecule is C#CCNC(=NCc1ccc(OC)c(F)c1)NCC.I. The molecule has 0 heterocycles. The second kappa shape index (κ2) is 10.3. The molecule has 0 unspecified atom stereocenters. The second-order valence-electron chi connectivity index (χ2n) is 3.72.